The molecule has 0 radical (unpaired) electrons. The molecule has 172 valence electrons. The Morgan fingerprint density at radius 2 is 1.38 bits per heavy atom. The zero-order valence-corrected chi connectivity index (χ0v) is 16.6. The minimum atomic E-state index is -6.50. The Balaban J connectivity index is 2.82. The second-order valence-corrected chi connectivity index (χ2v) is 11.5. The molecule has 0 aromatic carbocycles. The predicted molar refractivity (Wildman–Crippen MR) is 85.6 cm³/mol. The number of halogens is 5. The number of nitrogens with one attached hydrogen (secondary N) is 1. The number of hydrogen-bond donors (Lipinski definition) is 1. The molecule has 1 aliphatic rings. The van der Waals surface area contributed by atoms with Crippen molar-refractivity contribution in [1.29, 1.82) is 0 Å². The van der Waals surface area contributed by atoms with Gasteiger partial charge in [0.1, 0.15) is 11.5 Å². The third kappa shape index (κ3) is 7.85. The summed E-state index contributed by atoms with van der Waals surface area (Å²) < 4.78 is 133. The van der Waals surface area contributed by atoms with Crippen LogP contribution in [0.4, 0.5) is 22.0 Å². The Kier molecular flexibility index (Phi) is 7.56. The van der Waals surface area contributed by atoms with E-state index in [-0.39, 0.29) is 17.2 Å². The fourth-order valence-corrected chi connectivity index (χ4v) is 6.51. The van der Waals surface area contributed by atoms with Crippen molar-refractivity contribution < 1.29 is 52.1 Å². The summed E-state index contributed by atoms with van der Waals surface area (Å²) in [5.41, 5.74) is -6.09. The van der Waals surface area contributed by atoms with E-state index in [1.165, 1.54) is 4.90 Å². The molecule has 1 rings (SSSR count). The van der Waals surface area contributed by atoms with Crippen LogP contribution in [-0.2, 0) is 30.1 Å². The van der Waals surface area contributed by atoms with Crippen LogP contribution in [-0.4, -0.2) is 95.2 Å². The lowest BCUT2D eigenvalue weighted by Gasteiger charge is -2.32. The van der Waals surface area contributed by atoms with Gasteiger partial charge in [0, 0.05) is 31.1 Å². The smallest absolute Gasteiger partial charge is 0.263 e. The summed E-state index contributed by atoms with van der Waals surface area (Å²) in [4.78, 5) is 10.9. The molecule has 0 aliphatic carbocycles. The Morgan fingerprint density at radius 3 is 1.79 bits per heavy atom. The van der Waals surface area contributed by atoms with E-state index in [0.717, 1.165) is 0 Å². The van der Waals surface area contributed by atoms with Crippen molar-refractivity contribution in [3.8, 4) is 0 Å². The van der Waals surface area contributed by atoms with Crippen LogP contribution in [0.1, 0.15) is 0 Å². The van der Waals surface area contributed by atoms with Crippen LogP contribution in [0.2, 0.25) is 0 Å². The quantitative estimate of drug-likeness (QED) is 0.228. The van der Waals surface area contributed by atoms with Crippen molar-refractivity contribution in [2.45, 2.75) is 11.4 Å². The van der Waals surface area contributed by atoms with Crippen molar-refractivity contribution in [3.05, 3.63) is 10.1 Å². The molecule has 0 aromatic rings. The van der Waals surface area contributed by atoms with Gasteiger partial charge >= 0.3 is 15.5 Å². The summed E-state index contributed by atoms with van der Waals surface area (Å²) in [7, 11) is -17.1. The Labute approximate surface area is 161 Å². The van der Waals surface area contributed by atoms with Crippen LogP contribution in [0.25, 0.3) is 0 Å². The lowest BCUT2D eigenvalue weighted by atomic mass is 10.4. The third-order valence-corrected chi connectivity index (χ3v) is 8.62. The SMILES string of the molecule is O=[N+]([O-])CN1CCN(S(=O)(=O)CC(F)(F)CS(=O)(=O)NS(=O)(=O)C(F)(F)F)CC1. The van der Waals surface area contributed by atoms with Crippen LogP contribution in [0.5, 0.6) is 0 Å². The monoisotopic (exact) mass is 498 g/mol. The minimum absolute atomic E-state index is 0.0785. The third-order valence-electron chi connectivity index (χ3n) is 3.38. The lowest BCUT2D eigenvalue weighted by Crippen LogP contribution is -2.53. The molecule has 1 fully saturated rings. The van der Waals surface area contributed by atoms with E-state index >= 15 is 0 Å². The average Bonchev–Trinajstić information content (AvgIpc) is 2.41. The van der Waals surface area contributed by atoms with Gasteiger partial charge in [-0.05, 0) is 0 Å². The number of piperazine rings is 1. The standard InChI is InChI=1S/C9H15F5N4O8S3/c10-8(11,5-27(21,22)15-29(25,26)9(12,13)14)6-28(23,24)17-3-1-16(2-4-17)7-18(19)20/h15H,1-7H2. The van der Waals surface area contributed by atoms with Crippen LogP contribution in [0.15, 0.2) is 0 Å². The van der Waals surface area contributed by atoms with Gasteiger partial charge in [-0.25, -0.2) is 38.9 Å². The van der Waals surface area contributed by atoms with E-state index in [4.69, 9.17) is 0 Å². The van der Waals surface area contributed by atoms with E-state index in [0.29, 0.717) is 4.31 Å². The van der Waals surface area contributed by atoms with Crippen molar-refractivity contribution in [2.24, 2.45) is 0 Å². The highest BCUT2D eigenvalue weighted by atomic mass is 32.3. The van der Waals surface area contributed by atoms with Crippen LogP contribution in [0, 0.1) is 10.1 Å². The van der Waals surface area contributed by atoms with Crippen molar-refractivity contribution in [1.82, 2.24) is 13.3 Å². The topological polar surface area (TPSA) is 164 Å². The lowest BCUT2D eigenvalue weighted by molar-refractivity contribution is -0.504. The Morgan fingerprint density at radius 1 is 0.897 bits per heavy atom. The van der Waals surface area contributed by atoms with Gasteiger partial charge in [-0.1, -0.05) is 0 Å². The fourth-order valence-electron chi connectivity index (χ4n) is 2.23. The molecule has 0 amide bonds. The molecule has 0 aromatic heterocycles. The first kappa shape index (κ1) is 25.8. The molecule has 1 aliphatic heterocycles. The summed E-state index contributed by atoms with van der Waals surface area (Å²) in [6.45, 7) is -1.79. The molecule has 0 spiro atoms. The summed E-state index contributed by atoms with van der Waals surface area (Å²) in [5.74, 6) is -9.29. The Hall–Kier alpha value is -1.22. The van der Waals surface area contributed by atoms with E-state index in [1.807, 2.05) is 0 Å². The second-order valence-electron chi connectivity index (χ2n) is 5.90. The molecular weight excluding hydrogens is 483 g/mol. The van der Waals surface area contributed by atoms with Crippen LogP contribution < -0.4 is 4.13 Å². The number of nitro groups is 1. The van der Waals surface area contributed by atoms with E-state index in [9.17, 15) is 57.3 Å². The molecule has 0 saturated carbocycles. The van der Waals surface area contributed by atoms with Crippen LogP contribution >= 0.6 is 0 Å². The van der Waals surface area contributed by atoms with Gasteiger partial charge in [0.25, 0.3) is 12.6 Å². The number of nitrogens with zero attached hydrogens (tertiary/aromatic N) is 3. The van der Waals surface area contributed by atoms with Gasteiger partial charge in [0.05, 0.1) is 0 Å². The molecule has 1 heterocycles. The molecule has 1 saturated heterocycles. The van der Waals surface area contributed by atoms with Gasteiger partial charge in [-0.15, -0.1) is 4.13 Å². The second kappa shape index (κ2) is 8.49. The maximum Gasteiger partial charge on any atom is 0.512 e. The largest absolute Gasteiger partial charge is 0.512 e. The van der Waals surface area contributed by atoms with Crippen molar-refractivity contribution in [2.75, 3.05) is 44.4 Å². The molecule has 0 bridgehead atoms. The van der Waals surface area contributed by atoms with Crippen molar-refractivity contribution >= 4 is 30.1 Å². The maximum atomic E-state index is 13.9. The molecule has 20 heteroatoms. The molecular formula is C9H15F5N4O8S3. The molecule has 1 N–H and O–H groups in total. The fraction of sp³-hybridized carbons (Fsp3) is 1.00. The summed E-state index contributed by atoms with van der Waals surface area (Å²) in [5, 5.41) is 10.4. The zero-order valence-electron chi connectivity index (χ0n) is 14.2. The number of sulfonamides is 3. The first-order valence-electron chi connectivity index (χ1n) is 7.29. The predicted octanol–water partition coefficient (Wildman–Crippen LogP) is -1.43. The highest BCUT2D eigenvalue weighted by molar-refractivity contribution is 8.05. The average molecular weight is 498 g/mol. The Bertz CT molecular complexity index is 926. The van der Waals surface area contributed by atoms with Crippen molar-refractivity contribution in [3.63, 3.8) is 0 Å². The number of rotatable bonds is 9. The molecule has 0 unspecified atom stereocenters. The molecule has 12 nitrogen and oxygen atoms in total. The van der Waals surface area contributed by atoms with Gasteiger partial charge in [-0.3, -0.25) is 10.1 Å². The first-order valence-corrected chi connectivity index (χ1v) is 12.0. The normalized spacial score (nSPS) is 18.7. The van der Waals surface area contributed by atoms with E-state index < -0.39 is 77.7 Å². The highest BCUT2D eigenvalue weighted by Gasteiger charge is 2.50. The first-order chi connectivity index (χ1) is 12.8. The van der Waals surface area contributed by atoms with E-state index in [2.05, 4.69) is 0 Å². The molecule has 0 atom stereocenters. The van der Waals surface area contributed by atoms with Crippen LogP contribution in [0.3, 0.4) is 0 Å². The minimum Gasteiger partial charge on any atom is -0.263 e. The highest BCUT2D eigenvalue weighted by Crippen LogP contribution is 2.25. The summed E-state index contributed by atoms with van der Waals surface area (Å²) in [6, 6.07) is 0. The van der Waals surface area contributed by atoms with Gasteiger partial charge in [0.15, 0.2) is 0 Å². The number of hydrogen-bond acceptors (Lipinski definition) is 9. The number of alkyl halides is 5. The van der Waals surface area contributed by atoms with Gasteiger partial charge in [0.2, 0.25) is 20.0 Å². The van der Waals surface area contributed by atoms with E-state index in [1.54, 1.807) is 0 Å². The van der Waals surface area contributed by atoms with Gasteiger partial charge < -0.3 is 0 Å². The maximum absolute atomic E-state index is 13.9. The zero-order chi connectivity index (χ0) is 22.9. The molecule has 29 heavy (non-hydrogen) atoms. The summed E-state index contributed by atoms with van der Waals surface area (Å²) >= 11 is 0. The van der Waals surface area contributed by atoms with Gasteiger partial charge in [-0.2, -0.15) is 17.5 Å². The summed E-state index contributed by atoms with van der Waals surface area (Å²) in [6.07, 6.45) is 0.